The summed E-state index contributed by atoms with van der Waals surface area (Å²) in [6.45, 7) is 1.69. The van der Waals surface area contributed by atoms with Crippen LogP contribution in [0.15, 0.2) is 40.9 Å². The van der Waals surface area contributed by atoms with Crippen molar-refractivity contribution in [3.05, 3.63) is 58.1 Å². The van der Waals surface area contributed by atoms with Crippen LogP contribution in [0.5, 0.6) is 0 Å². The fourth-order valence-corrected chi connectivity index (χ4v) is 4.22. The molecule has 30 heavy (non-hydrogen) atoms. The van der Waals surface area contributed by atoms with E-state index in [9.17, 15) is 13.6 Å². The van der Waals surface area contributed by atoms with Gasteiger partial charge in [-0.25, -0.2) is 18.6 Å². The summed E-state index contributed by atoms with van der Waals surface area (Å²) in [5.74, 6) is -1.40. The Balaban J connectivity index is 1.57. The number of H-pyrrole nitrogens is 1. The van der Waals surface area contributed by atoms with Crippen LogP contribution in [0.4, 0.5) is 19.5 Å². The molecule has 0 bridgehead atoms. The number of rotatable bonds is 4. The lowest BCUT2D eigenvalue weighted by Crippen LogP contribution is -2.48. The third kappa shape index (κ3) is 3.98. The number of methoxy groups -OCH3 is 1. The molecule has 1 saturated heterocycles. The normalized spacial score (nSPS) is 15.9. The number of carbonyl (C=O) groups is 1. The van der Waals surface area contributed by atoms with Crippen LogP contribution in [-0.4, -0.2) is 47.7 Å². The third-order valence-corrected chi connectivity index (χ3v) is 6.26. The molecule has 2 N–H and O–H groups in total. The minimum Gasteiger partial charge on any atom is -0.453 e. The Bertz CT molecular complexity index is 1020. The molecule has 1 fully saturated rings. The van der Waals surface area contributed by atoms with Gasteiger partial charge in [0.2, 0.25) is 5.95 Å². The van der Waals surface area contributed by atoms with Crippen molar-refractivity contribution in [1.29, 1.82) is 0 Å². The third-order valence-electron chi connectivity index (χ3n) is 5.73. The zero-order chi connectivity index (χ0) is 21.3. The van der Waals surface area contributed by atoms with Gasteiger partial charge in [0.1, 0.15) is 0 Å². The number of piperidine rings is 1. The smallest absolute Gasteiger partial charge is 0.409 e. The largest absolute Gasteiger partial charge is 0.453 e. The zero-order valence-corrected chi connectivity index (χ0v) is 17.9. The monoisotopic (exact) mass is 478 g/mol. The number of nitrogens with one attached hydrogen (secondary N) is 2. The molecule has 0 atom stereocenters. The van der Waals surface area contributed by atoms with Crippen molar-refractivity contribution < 1.29 is 18.3 Å². The predicted octanol–water partition coefficient (Wildman–Crippen LogP) is 4.82. The van der Waals surface area contributed by atoms with Gasteiger partial charge in [-0.3, -0.25) is 0 Å². The number of aromatic amines is 1. The number of likely N-dealkylation sites (tertiary alicyclic amines) is 1. The minimum absolute atomic E-state index is 0.235. The number of imidazole rings is 1. The van der Waals surface area contributed by atoms with Gasteiger partial charge in [-0.05, 0) is 30.5 Å². The highest BCUT2D eigenvalue weighted by atomic mass is 79.9. The lowest BCUT2D eigenvalue weighted by Gasteiger charge is -2.42. The second-order valence-electron chi connectivity index (χ2n) is 7.47. The summed E-state index contributed by atoms with van der Waals surface area (Å²) in [7, 11) is 1.38. The van der Waals surface area contributed by atoms with Gasteiger partial charge in [-0.15, -0.1) is 0 Å². The maximum absolute atomic E-state index is 13.5. The minimum atomic E-state index is -0.929. The molecule has 158 valence electrons. The summed E-state index contributed by atoms with van der Waals surface area (Å²) < 4.78 is 32.8. The Morgan fingerprint density at radius 2 is 1.90 bits per heavy atom. The second kappa shape index (κ2) is 8.22. The van der Waals surface area contributed by atoms with E-state index in [-0.39, 0.29) is 11.5 Å². The van der Waals surface area contributed by atoms with Crippen LogP contribution in [0.2, 0.25) is 0 Å². The fourth-order valence-electron chi connectivity index (χ4n) is 3.96. The van der Waals surface area contributed by atoms with Crippen molar-refractivity contribution in [2.45, 2.75) is 18.3 Å². The molecule has 0 aliphatic carbocycles. The maximum Gasteiger partial charge on any atom is 0.409 e. The number of nitrogens with zero attached hydrogens (tertiary/aromatic N) is 2. The number of amides is 1. The molecule has 3 aromatic rings. The first-order valence-corrected chi connectivity index (χ1v) is 10.4. The maximum atomic E-state index is 13.5. The molecule has 6 nitrogen and oxygen atoms in total. The molecule has 0 saturated carbocycles. The Kier molecular flexibility index (Phi) is 5.64. The molecule has 1 aliphatic rings. The Labute approximate surface area is 180 Å². The van der Waals surface area contributed by atoms with Gasteiger partial charge in [0.15, 0.2) is 11.6 Å². The van der Waals surface area contributed by atoms with Gasteiger partial charge in [0.25, 0.3) is 0 Å². The van der Waals surface area contributed by atoms with E-state index in [1.807, 2.05) is 12.1 Å². The van der Waals surface area contributed by atoms with Crippen molar-refractivity contribution in [3.8, 4) is 0 Å². The summed E-state index contributed by atoms with van der Waals surface area (Å²) in [5, 5.41) is 3.30. The number of ether oxygens (including phenoxy) is 1. The van der Waals surface area contributed by atoms with Crippen LogP contribution in [0, 0.1) is 11.6 Å². The molecule has 0 radical (unpaired) electrons. The van der Waals surface area contributed by atoms with E-state index < -0.39 is 11.6 Å². The van der Waals surface area contributed by atoms with Crippen LogP contribution in [0.25, 0.3) is 11.0 Å². The summed E-state index contributed by atoms with van der Waals surface area (Å²) in [6.07, 6.45) is 1.15. The number of carbonyl (C=O) groups excluding carboxylic acids is 1. The SMILES string of the molecule is COC(=O)N1CCC(CNc2nc3cc(F)c(F)cc3[nH]2)(c2ccc(Br)cc2)CC1. The van der Waals surface area contributed by atoms with E-state index in [1.54, 1.807) is 4.90 Å². The zero-order valence-electron chi connectivity index (χ0n) is 16.3. The van der Waals surface area contributed by atoms with E-state index in [1.165, 1.54) is 7.11 Å². The fraction of sp³-hybridized carbons (Fsp3) is 0.333. The second-order valence-corrected chi connectivity index (χ2v) is 8.38. The molecule has 1 aromatic heterocycles. The van der Waals surface area contributed by atoms with Crippen LogP contribution in [-0.2, 0) is 10.2 Å². The molecular weight excluding hydrogens is 458 g/mol. The average Bonchev–Trinajstić information content (AvgIpc) is 3.14. The molecule has 2 aromatic carbocycles. The number of hydrogen-bond acceptors (Lipinski definition) is 4. The van der Waals surface area contributed by atoms with Crippen molar-refractivity contribution in [3.63, 3.8) is 0 Å². The Morgan fingerprint density at radius 3 is 2.57 bits per heavy atom. The number of halogens is 3. The Hall–Kier alpha value is -2.68. The van der Waals surface area contributed by atoms with Gasteiger partial charge < -0.3 is 19.9 Å². The first-order chi connectivity index (χ1) is 14.4. The van der Waals surface area contributed by atoms with E-state index in [4.69, 9.17) is 4.74 Å². The number of hydrogen-bond donors (Lipinski definition) is 2. The highest BCUT2D eigenvalue weighted by molar-refractivity contribution is 9.10. The van der Waals surface area contributed by atoms with Crippen molar-refractivity contribution >= 4 is 39.0 Å². The van der Waals surface area contributed by atoms with Crippen molar-refractivity contribution in [2.24, 2.45) is 0 Å². The van der Waals surface area contributed by atoms with E-state index >= 15 is 0 Å². The Morgan fingerprint density at radius 1 is 1.23 bits per heavy atom. The standard InChI is InChI=1S/C21H21BrF2N4O2/c1-30-20(29)28-8-6-21(7-9-28,13-2-4-14(22)5-3-13)12-25-19-26-17-10-15(23)16(24)11-18(17)27-19/h2-5,10-11H,6-9,12H2,1H3,(H2,25,26,27). The molecule has 9 heteroatoms. The average molecular weight is 479 g/mol. The lowest BCUT2D eigenvalue weighted by atomic mass is 9.72. The van der Waals surface area contributed by atoms with E-state index in [0.29, 0.717) is 36.6 Å². The highest BCUT2D eigenvalue weighted by Gasteiger charge is 2.38. The number of fused-ring (bicyclic) bond motifs is 1. The molecule has 2 heterocycles. The number of benzene rings is 2. The van der Waals surface area contributed by atoms with Gasteiger partial charge in [-0.2, -0.15) is 0 Å². The molecule has 4 rings (SSSR count). The number of anilines is 1. The lowest BCUT2D eigenvalue weighted by molar-refractivity contribution is 0.101. The van der Waals surface area contributed by atoms with Gasteiger partial charge in [-0.1, -0.05) is 28.1 Å². The summed E-state index contributed by atoms with van der Waals surface area (Å²) >= 11 is 3.47. The van der Waals surface area contributed by atoms with E-state index in [0.717, 1.165) is 35.0 Å². The predicted molar refractivity (Wildman–Crippen MR) is 114 cm³/mol. The number of aromatic nitrogens is 2. The first kappa shape index (κ1) is 20.6. The molecule has 0 unspecified atom stereocenters. The van der Waals surface area contributed by atoms with Gasteiger partial charge in [0, 0.05) is 41.7 Å². The first-order valence-electron chi connectivity index (χ1n) is 9.58. The molecule has 0 spiro atoms. The van der Waals surface area contributed by atoms with Crippen LogP contribution in [0.3, 0.4) is 0 Å². The van der Waals surface area contributed by atoms with E-state index in [2.05, 4.69) is 43.3 Å². The van der Waals surface area contributed by atoms with Crippen LogP contribution < -0.4 is 5.32 Å². The van der Waals surface area contributed by atoms with Gasteiger partial charge >= 0.3 is 6.09 Å². The molecular formula is C21H21BrF2N4O2. The quantitative estimate of drug-likeness (QED) is 0.564. The molecule has 1 aliphatic heterocycles. The summed E-state index contributed by atoms with van der Waals surface area (Å²) in [5.41, 5.74) is 1.70. The van der Waals surface area contributed by atoms with Crippen LogP contribution >= 0.6 is 15.9 Å². The van der Waals surface area contributed by atoms with Crippen molar-refractivity contribution in [1.82, 2.24) is 14.9 Å². The summed E-state index contributed by atoms with van der Waals surface area (Å²) in [4.78, 5) is 20.9. The highest BCUT2D eigenvalue weighted by Crippen LogP contribution is 2.36. The molecule has 1 amide bonds. The van der Waals surface area contributed by atoms with Crippen LogP contribution in [0.1, 0.15) is 18.4 Å². The summed E-state index contributed by atoms with van der Waals surface area (Å²) in [6, 6.07) is 10.3. The van der Waals surface area contributed by atoms with Crippen molar-refractivity contribution in [2.75, 3.05) is 32.1 Å². The van der Waals surface area contributed by atoms with Gasteiger partial charge in [0.05, 0.1) is 18.1 Å². The topological polar surface area (TPSA) is 70.2 Å².